The van der Waals surface area contributed by atoms with Gasteiger partial charge in [-0.25, -0.2) is 0 Å². The van der Waals surface area contributed by atoms with Crippen LogP contribution in [0.3, 0.4) is 0 Å². The van der Waals surface area contributed by atoms with Gasteiger partial charge in [0.15, 0.2) is 0 Å². The summed E-state index contributed by atoms with van der Waals surface area (Å²) < 4.78 is 0. The van der Waals surface area contributed by atoms with Gasteiger partial charge in [0.05, 0.1) is 0 Å². The number of hydrogen-bond acceptors (Lipinski definition) is 0. The van der Waals surface area contributed by atoms with Crippen LogP contribution in [0.2, 0.25) is 0 Å². The second-order valence-electron chi connectivity index (χ2n) is 2.35. The van der Waals surface area contributed by atoms with Crippen molar-refractivity contribution in [2.45, 2.75) is 38.5 Å². The van der Waals surface area contributed by atoms with E-state index in [0.29, 0.717) is 0 Å². The van der Waals surface area contributed by atoms with Gasteiger partial charge in [0, 0.05) is 20.4 Å². The second-order valence-corrected chi connectivity index (χ2v) is 2.35. The van der Waals surface area contributed by atoms with Crippen molar-refractivity contribution >= 4 is 24.8 Å². The van der Waals surface area contributed by atoms with E-state index >= 15 is 0 Å². The van der Waals surface area contributed by atoms with Gasteiger partial charge in [-0.1, -0.05) is 25.3 Å². The number of unbranched alkanes of at least 4 members (excludes halogenated alkanes) is 5. The molecule has 0 N–H and O–H groups in total. The molecule has 0 amide bonds. The van der Waals surface area contributed by atoms with Crippen LogP contribution >= 0.6 is 24.8 Å². The van der Waals surface area contributed by atoms with E-state index in [4.69, 9.17) is 0 Å². The van der Waals surface area contributed by atoms with Gasteiger partial charge in [0.2, 0.25) is 0 Å². The summed E-state index contributed by atoms with van der Waals surface area (Å²) in [5.41, 5.74) is 0. The largest absolute Gasteiger partial charge is 0.343 e. The summed E-state index contributed by atoms with van der Waals surface area (Å²) in [4.78, 5) is 0. The maximum atomic E-state index is 3.78. The smallest absolute Gasteiger partial charge is 0 e. The van der Waals surface area contributed by atoms with Crippen LogP contribution in [0.15, 0.2) is 12.7 Å². The summed E-state index contributed by atoms with van der Waals surface area (Å²) in [7, 11) is 0. The zero-order valence-corrected chi connectivity index (χ0v) is 10.6. The molecule has 12 heavy (non-hydrogen) atoms. The van der Waals surface area contributed by atoms with Gasteiger partial charge in [-0.2, -0.15) is 6.42 Å². The first-order chi connectivity index (χ1) is 4.41. The first-order valence-corrected chi connectivity index (χ1v) is 3.82. The zero-order valence-electron chi connectivity index (χ0n) is 7.37. The maximum Gasteiger partial charge on any atom is 0 e. The number of halogens is 2. The first kappa shape index (κ1) is 23.1. The quantitative estimate of drug-likeness (QED) is 0.299. The van der Waals surface area contributed by atoms with Crippen molar-refractivity contribution in [2.24, 2.45) is 0 Å². The molecule has 0 spiro atoms. The molecule has 3 heteroatoms. The Hall–Kier alpha value is 0.982. The second kappa shape index (κ2) is 22.7. The molecule has 0 radical (unpaired) electrons. The normalized spacial score (nSPS) is 7.08. The summed E-state index contributed by atoms with van der Waals surface area (Å²) >= 11 is 0. The molecule has 0 atom stereocenters. The van der Waals surface area contributed by atoms with Crippen LogP contribution in [0.1, 0.15) is 38.5 Å². The third-order valence-electron chi connectivity index (χ3n) is 1.41. The van der Waals surface area contributed by atoms with E-state index < -0.39 is 0 Å². The Bertz CT molecular complexity index is 67.5. The molecule has 0 aromatic rings. The fourth-order valence-electron chi connectivity index (χ4n) is 0.819. The van der Waals surface area contributed by atoms with E-state index in [9.17, 15) is 0 Å². The predicted octanol–water partition coefficient (Wildman–Crippen LogP) is 4.19. The van der Waals surface area contributed by atoms with Crippen LogP contribution in [0.25, 0.3) is 0 Å². The minimum absolute atomic E-state index is 0. The van der Waals surface area contributed by atoms with E-state index in [1.54, 1.807) is 0 Å². The number of hydrogen-bond donors (Lipinski definition) is 0. The molecule has 0 unspecified atom stereocenters. The molecule has 0 aromatic carbocycles. The molecule has 0 saturated carbocycles. The Morgan fingerprint density at radius 2 is 1.50 bits per heavy atom. The fraction of sp³-hybridized carbons (Fsp3) is 0.667. The first-order valence-electron chi connectivity index (χ1n) is 3.82. The fourth-order valence-corrected chi connectivity index (χ4v) is 0.819. The van der Waals surface area contributed by atoms with Crippen molar-refractivity contribution in [3.05, 3.63) is 19.6 Å². The SMILES string of the molecule is C=CCCCCCC[CH2-].Cl.Cl.[Pd]. The molecule has 0 fully saturated rings. The van der Waals surface area contributed by atoms with Crippen molar-refractivity contribution in [2.75, 3.05) is 0 Å². The van der Waals surface area contributed by atoms with Crippen LogP contribution in [0.4, 0.5) is 0 Å². The topological polar surface area (TPSA) is 0 Å². The zero-order chi connectivity index (χ0) is 6.95. The molecule has 80 valence electrons. The van der Waals surface area contributed by atoms with Gasteiger partial charge in [-0.15, -0.1) is 31.4 Å². The molecular weight excluding hydrogens is 285 g/mol. The van der Waals surface area contributed by atoms with Gasteiger partial charge < -0.3 is 6.92 Å². The van der Waals surface area contributed by atoms with Gasteiger partial charge in [0.1, 0.15) is 0 Å². The van der Waals surface area contributed by atoms with E-state index in [0.717, 1.165) is 6.42 Å². The molecule has 0 aliphatic rings. The third-order valence-corrected chi connectivity index (χ3v) is 1.41. The van der Waals surface area contributed by atoms with Crippen molar-refractivity contribution in [3.8, 4) is 0 Å². The van der Waals surface area contributed by atoms with Gasteiger partial charge in [0.25, 0.3) is 0 Å². The number of rotatable bonds is 6. The summed E-state index contributed by atoms with van der Waals surface area (Å²) in [5.74, 6) is 0. The molecule has 0 aliphatic carbocycles. The van der Waals surface area contributed by atoms with Gasteiger partial charge >= 0.3 is 0 Å². The monoisotopic (exact) mass is 303 g/mol. The predicted molar refractivity (Wildman–Crippen MR) is 57.8 cm³/mol. The molecule has 0 saturated heterocycles. The van der Waals surface area contributed by atoms with Gasteiger partial charge in [-0.3, -0.25) is 0 Å². The van der Waals surface area contributed by atoms with Crippen LogP contribution in [0, 0.1) is 6.92 Å². The van der Waals surface area contributed by atoms with Crippen molar-refractivity contribution in [1.82, 2.24) is 0 Å². The Labute approximate surface area is 103 Å². The van der Waals surface area contributed by atoms with Crippen molar-refractivity contribution in [3.63, 3.8) is 0 Å². The van der Waals surface area contributed by atoms with Crippen LogP contribution in [-0.4, -0.2) is 0 Å². The van der Waals surface area contributed by atoms with Crippen LogP contribution < -0.4 is 0 Å². The Morgan fingerprint density at radius 3 is 1.92 bits per heavy atom. The van der Waals surface area contributed by atoms with E-state index in [1.165, 1.54) is 32.1 Å². The Morgan fingerprint density at radius 1 is 1.00 bits per heavy atom. The molecule has 0 rings (SSSR count). The Kier molecular flexibility index (Phi) is 43.7. The molecular formula is C9H19Cl2Pd-. The minimum Gasteiger partial charge on any atom is -0.343 e. The molecule has 0 nitrogen and oxygen atoms in total. The van der Waals surface area contributed by atoms with Crippen LogP contribution in [0.5, 0.6) is 0 Å². The average molecular weight is 305 g/mol. The summed E-state index contributed by atoms with van der Waals surface area (Å²) in [6.07, 6.45) is 9.55. The van der Waals surface area contributed by atoms with Gasteiger partial charge in [-0.05, 0) is 12.8 Å². The molecule has 0 heterocycles. The van der Waals surface area contributed by atoms with Crippen LogP contribution in [-0.2, 0) is 20.4 Å². The standard InChI is InChI=1S/C9H17.2ClH.Pd/c1-3-5-7-9-8-6-4-2;;;/h3H,1-2,4-9H2;2*1H;/q-1;;;. The van der Waals surface area contributed by atoms with Crippen molar-refractivity contribution < 1.29 is 20.4 Å². The average Bonchev–Trinajstić information content (AvgIpc) is 1.89. The summed E-state index contributed by atoms with van der Waals surface area (Å²) in [6.45, 7) is 7.45. The van der Waals surface area contributed by atoms with E-state index in [1.807, 2.05) is 6.08 Å². The molecule has 0 aromatic heterocycles. The number of allylic oxidation sites excluding steroid dienone is 1. The molecule has 0 bridgehead atoms. The van der Waals surface area contributed by atoms with Crippen molar-refractivity contribution in [1.29, 1.82) is 0 Å². The summed E-state index contributed by atoms with van der Waals surface area (Å²) in [5, 5.41) is 0. The van der Waals surface area contributed by atoms with E-state index in [-0.39, 0.29) is 45.2 Å². The minimum atomic E-state index is 0. The summed E-state index contributed by atoms with van der Waals surface area (Å²) in [6, 6.07) is 0. The maximum absolute atomic E-state index is 3.78. The Balaban J connectivity index is -0.000000107. The molecule has 0 aliphatic heterocycles. The third kappa shape index (κ3) is 22.4. The van der Waals surface area contributed by atoms with E-state index in [2.05, 4.69) is 13.5 Å².